The van der Waals surface area contributed by atoms with Gasteiger partial charge in [-0.1, -0.05) is 53.5 Å². The standard InChI is InChI=1S/C29H30Cl2F2N4O2/c30-24-4-1-5-25(31)28(24)35-27(38)18-37-16-15-36(17-26(37)29(34)39)14-2-3-23(19-6-10-21(32)11-7-19)20-8-12-22(33)13-9-20/h1,4-13,23,26H,2-3,14-18H2,(H2,34,39)(H,35,38). The van der Waals surface area contributed by atoms with E-state index >= 15 is 0 Å². The van der Waals surface area contributed by atoms with E-state index in [1.54, 1.807) is 47.4 Å². The molecule has 0 aromatic heterocycles. The first-order valence-electron chi connectivity index (χ1n) is 12.7. The molecule has 1 fully saturated rings. The lowest BCUT2D eigenvalue weighted by Crippen LogP contribution is -2.59. The van der Waals surface area contributed by atoms with Gasteiger partial charge in [0.15, 0.2) is 0 Å². The molecule has 0 aliphatic carbocycles. The third-order valence-electron chi connectivity index (χ3n) is 6.99. The number of amides is 2. The lowest BCUT2D eigenvalue weighted by molar-refractivity contribution is -0.127. The van der Waals surface area contributed by atoms with Crippen molar-refractivity contribution in [3.8, 4) is 0 Å². The van der Waals surface area contributed by atoms with Crippen molar-refractivity contribution in [2.45, 2.75) is 24.8 Å². The Morgan fingerprint density at radius 1 is 0.923 bits per heavy atom. The zero-order chi connectivity index (χ0) is 27.9. The fourth-order valence-electron chi connectivity index (χ4n) is 4.95. The Bertz CT molecular complexity index is 1230. The number of carbonyl (C=O) groups is 2. The number of primary amides is 1. The number of nitrogens with one attached hydrogen (secondary N) is 1. The minimum atomic E-state index is -0.629. The number of nitrogens with two attached hydrogens (primary N) is 1. The van der Waals surface area contributed by atoms with E-state index in [0.29, 0.717) is 41.9 Å². The summed E-state index contributed by atoms with van der Waals surface area (Å²) >= 11 is 12.3. The van der Waals surface area contributed by atoms with Crippen LogP contribution in [-0.4, -0.2) is 60.4 Å². The van der Waals surface area contributed by atoms with E-state index in [2.05, 4.69) is 10.2 Å². The minimum absolute atomic E-state index is 0.0276. The van der Waals surface area contributed by atoms with Crippen LogP contribution in [0.25, 0.3) is 0 Å². The number of anilines is 1. The second kappa shape index (κ2) is 13.3. The Balaban J connectivity index is 1.35. The van der Waals surface area contributed by atoms with E-state index in [4.69, 9.17) is 28.9 Å². The van der Waals surface area contributed by atoms with Gasteiger partial charge in [0.1, 0.15) is 17.7 Å². The van der Waals surface area contributed by atoms with Gasteiger partial charge in [0.2, 0.25) is 11.8 Å². The number of hydrogen-bond donors (Lipinski definition) is 2. The molecule has 2 amide bonds. The third-order valence-corrected chi connectivity index (χ3v) is 7.62. The first-order chi connectivity index (χ1) is 18.7. The summed E-state index contributed by atoms with van der Waals surface area (Å²) in [5, 5.41) is 3.38. The highest BCUT2D eigenvalue weighted by Crippen LogP contribution is 2.31. The summed E-state index contributed by atoms with van der Waals surface area (Å²) in [6.45, 7) is 2.21. The van der Waals surface area contributed by atoms with E-state index in [9.17, 15) is 18.4 Å². The first-order valence-corrected chi connectivity index (χ1v) is 13.5. The topological polar surface area (TPSA) is 78.7 Å². The Hall–Kier alpha value is -3.04. The number of rotatable bonds is 10. The first kappa shape index (κ1) is 29.0. The Kier molecular flexibility index (Phi) is 9.91. The quantitative estimate of drug-likeness (QED) is 0.344. The molecule has 1 heterocycles. The van der Waals surface area contributed by atoms with Crippen molar-refractivity contribution >= 4 is 40.7 Å². The van der Waals surface area contributed by atoms with Crippen LogP contribution >= 0.6 is 23.2 Å². The maximum atomic E-state index is 13.5. The molecule has 6 nitrogen and oxygen atoms in total. The molecule has 0 spiro atoms. The zero-order valence-electron chi connectivity index (χ0n) is 21.3. The summed E-state index contributed by atoms with van der Waals surface area (Å²) in [6.07, 6.45) is 1.54. The molecule has 0 saturated carbocycles. The van der Waals surface area contributed by atoms with Gasteiger partial charge in [-0.25, -0.2) is 8.78 Å². The molecule has 3 N–H and O–H groups in total. The van der Waals surface area contributed by atoms with Crippen LogP contribution in [0.4, 0.5) is 14.5 Å². The van der Waals surface area contributed by atoms with E-state index in [0.717, 1.165) is 24.0 Å². The molecule has 1 aliphatic rings. The van der Waals surface area contributed by atoms with Crippen molar-refractivity contribution in [1.82, 2.24) is 9.80 Å². The molecule has 0 radical (unpaired) electrons. The number of piperazine rings is 1. The fourth-order valence-corrected chi connectivity index (χ4v) is 5.45. The summed E-state index contributed by atoms with van der Waals surface area (Å²) in [7, 11) is 0. The van der Waals surface area contributed by atoms with Crippen molar-refractivity contribution < 1.29 is 18.4 Å². The maximum Gasteiger partial charge on any atom is 0.238 e. The average molecular weight is 575 g/mol. The summed E-state index contributed by atoms with van der Waals surface area (Å²) in [4.78, 5) is 28.9. The fraction of sp³-hybridized carbons (Fsp3) is 0.310. The highest BCUT2D eigenvalue weighted by Gasteiger charge is 2.32. The third kappa shape index (κ3) is 7.76. The summed E-state index contributed by atoms with van der Waals surface area (Å²) in [6, 6.07) is 17.1. The van der Waals surface area contributed by atoms with E-state index in [1.165, 1.54) is 24.3 Å². The molecular weight excluding hydrogens is 545 g/mol. The zero-order valence-corrected chi connectivity index (χ0v) is 22.8. The van der Waals surface area contributed by atoms with Crippen LogP contribution in [0.15, 0.2) is 66.7 Å². The monoisotopic (exact) mass is 574 g/mol. The van der Waals surface area contributed by atoms with E-state index in [1.807, 2.05) is 0 Å². The van der Waals surface area contributed by atoms with Crippen LogP contribution in [0.1, 0.15) is 29.9 Å². The molecule has 4 rings (SSSR count). The summed E-state index contributed by atoms with van der Waals surface area (Å²) < 4.78 is 27.0. The van der Waals surface area contributed by atoms with Crippen LogP contribution in [0.5, 0.6) is 0 Å². The van der Waals surface area contributed by atoms with Gasteiger partial charge < -0.3 is 11.1 Å². The normalized spacial score (nSPS) is 16.4. The van der Waals surface area contributed by atoms with E-state index < -0.39 is 11.9 Å². The number of nitrogens with zero attached hydrogens (tertiary/aromatic N) is 2. The number of para-hydroxylation sites is 1. The maximum absolute atomic E-state index is 13.5. The summed E-state index contributed by atoms with van der Waals surface area (Å²) in [5.74, 6) is -1.49. The molecule has 1 atom stereocenters. The summed E-state index contributed by atoms with van der Waals surface area (Å²) in [5.41, 5.74) is 7.94. The average Bonchev–Trinajstić information content (AvgIpc) is 2.91. The molecule has 1 unspecified atom stereocenters. The smallest absolute Gasteiger partial charge is 0.238 e. The minimum Gasteiger partial charge on any atom is -0.368 e. The number of benzene rings is 3. The lowest BCUT2D eigenvalue weighted by atomic mass is 9.87. The van der Waals surface area contributed by atoms with Gasteiger partial charge in [-0.15, -0.1) is 0 Å². The predicted octanol–water partition coefficient (Wildman–Crippen LogP) is 5.29. The van der Waals surface area contributed by atoms with Crippen LogP contribution in [0, 0.1) is 11.6 Å². The largest absolute Gasteiger partial charge is 0.368 e. The highest BCUT2D eigenvalue weighted by atomic mass is 35.5. The lowest BCUT2D eigenvalue weighted by Gasteiger charge is -2.39. The van der Waals surface area contributed by atoms with Crippen LogP contribution in [0.2, 0.25) is 10.0 Å². The van der Waals surface area contributed by atoms with Crippen molar-refractivity contribution in [3.63, 3.8) is 0 Å². The molecule has 10 heteroatoms. The van der Waals surface area contributed by atoms with Gasteiger partial charge in [-0.2, -0.15) is 0 Å². The number of hydrogen-bond acceptors (Lipinski definition) is 4. The predicted molar refractivity (Wildman–Crippen MR) is 150 cm³/mol. The Morgan fingerprint density at radius 3 is 2.03 bits per heavy atom. The molecule has 39 heavy (non-hydrogen) atoms. The molecule has 3 aromatic carbocycles. The second-order valence-electron chi connectivity index (χ2n) is 9.63. The Labute approximate surface area is 236 Å². The van der Waals surface area contributed by atoms with E-state index in [-0.39, 0.29) is 30.0 Å². The van der Waals surface area contributed by atoms with Gasteiger partial charge >= 0.3 is 0 Å². The van der Waals surface area contributed by atoms with Gasteiger partial charge in [-0.3, -0.25) is 19.4 Å². The van der Waals surface area contributed by atoms with Gasteiger partial charge in [0.25, 0.3) is 0 Å². The SMILES string of the molecule is NC(=O)C1CN(CCCC(c2ccc(F)cc2)c2ccc(F)cc2)CCN1CC(=O)Nc1c(Cl)cccc1Cl. The molecule has 206 valence electrons. The molecule has 1 aliphatic heterocycles. The van der Waals surface area contributed by atoms with Crippen LogP contribution in [0.3, 0.4) is 0 Å². The number of halogens is 4. The molecular formula is C29H30Cl2F2N4O2. The highest BCUT2D eigenvalue weighted by molar-refractivity contribution is 6.39. The number of carbonyl (C=O) groups excluding carboxylic acids is 2. The van der Waals surface area contributed by atoms with Gasteiger partial charge in [0, 0.05) is 25.6 Å². The molecule has 1 saturated heterocycles. The van der Waals surface area contributed by atoms with Crippen molar-refractivity contribution in [3.05, 3.63) is 99.5 Å². The van der Waals surface area contributed by atoms with Crippen molar-refractivity contribution in [1.29, 1.82) is 0 Å². The van der Waals surface area contributed by atoms with Crippen molar-refractivity contribution in [2.24, 2.45) is 5.73 Å². The van der Waals surface area contributed by atoms with Crippen molar-refractivity contribution in [2.75, 3.05) is 38.0 Å². The Morgan fingerprint density at radius 2 is 1.49 bits per heavy atom. The molecule has 0 bridgehead atoms. The molecule has 3 aromatic rings. The van der Waals surface area contributed by atoms with Crippen LogP contribution < -0.4 is 11.1 Å². The van der Waals surface area contributed by atoms with Crippen LogP contribution in [-0.2, 0) is 9.59 Å². The second-order valence-corrected chi connectivity index (χ2v) is 10.4. The van der Waals surface area contributed by atoms with Gasteiger partial charge in [-0.05, 0) is 66.9 Å². The van der Waals surface area contributed by atoms with Gasteiger partial charge in [0.05, 0.1) is 22.3 Å².